The van der Waals surface area contributed by atoms with Gasteiger partial charge in [-0.3, -0.25) is 9.59 Å². The summed E-state index contributed by atoms with van der Waals surface area (Å²) in [5, 5.41) is 5.93. The predicted molar refractivity (Wildman–Crippen MR) is 96.9 cm³/mol. The van der Waals surface area contributed by atoms with Crippen LogP contribution in [0.2, 0.25) is 0 Å². The lowest BCUT2D eigenvalue weighted by Gasteiger charge is -2.32. The molecule has 6 nitrogen and oxygen atoms in total. The first-order chi connectivity index (χ1) is 11.5. The summed E-state index contributed by atoms with van der Waals surface area (Å²) in [4.78, 5) is 28.6. The number of carbonyl (C=O) groups is 2. The van der Waals surface area contributed by atoms with E-state index in [1.807, 2.05) is 17.0 Å². The normalized spacial score (nSPS) is 18.1. The Morgan fingerprint density at radius 3 is 2.46 bits per heavy atom. The van der Waals surface area contributed by atoms with E-state index >= 15 is 0 Å². The Balaban J connectivity index is 1.66. The molecule has 2 aliphatic rings. The van der Waals surface area contributed by atoms with Gasteiger partial charge in [0.25, 0.3) is 5.91 Å². The van der Waals surface area contributed by atoms with Crippen LogP contribution in [0.25, 0.3) is 0 Å². The summed E-state index contributed by atoms with van der Waals surface area (Å²) in [5.74, 6) is 0.0323. The Morgan fingerprint density at radius 2 is 1.79 bits per heavy atom. The number of nitrogens with zero attached hydrogens (tertiary/aromatic N) is 2. The molecular weight excluding hydrogens is 324 g/mol. The second-order valence-electron chi connectivity index (χ2n) is 6.36. The Morgan fingerprint density at radius 1 is 1.12 bits per heavy atom. The van der Waals surface area contributed by atoms with Gasteiger partial charge in [-0.05, 0) is 44.2 Å². The van der Waals surface area contributed by atoms with Gasteiger partial charge in [0.15, 0.2) is 5.11 Å². The first-order valence-electron chi connectivity index (χ1n) is 8.23. The van der Waals surface area contributed by atoms with E-state index in [-0.39, 0.29) is 22.8 Å². The predicted octanol–water partition coefficient (Wildman–Crippen LogP) is 1.30. The average Bonchev–Trinajstić information content (AvgIpc) is 3.40. The van der Waals surface area contributed by atoms with Crippen molar-refractivity contribution in [1.29, 1.82) is 0 Å². The molecule has 1 saturated heterocycles. The minimum atomic E-state index is -0.0459. The minimum Gasteiger partial charge on any atom is -0.336 e. The molecule has 0 radical (unpaired) electrons. The van der Waals surface area contributed by atoms with Crippen molar-refractivity contribution < 1.29 is 9.59 Å². The molecule has 0 atom stereocenters. The van der Waals surface area contributed by atoms with E-state index in [9.17, 15) is 9.59 Å². The first kappa shape index (κ1) is 16.9. The number of benzene rings is 1. The summed E-state index contributed by atoms with van der Waals surface area (Å²) in [6.45, 7) is 3.17. The van der Waals surface area contributed by atoms with Crippen molar-refractivity contribution in [3.05, 3.63) is 29.8 Å². The number of anilines is 1. The Hall–Kier alpha value is -1.99. The van der Waals surface area contributed by atoms with Crippen molar-refractivity contribution in [2.45, 2.75) is 12.8 Å². The summed E-state index contributed by atoms with van der Waals surface area (Å²) in [7, 11) is 2.05. The van der Waals surface area contributed by atoms with Crippen molar-refractivity contribution in [3.8, 4) is 0 Å². The number of nitrogens with one attached hydrogen (secondary N) is 2. The number of hydrogen-bond acceptors (Lipinski definition) is 4. The van der Waals surface area contributed by atoms with Crippen LogP contribution in [-0.4, -0.2) is 60.0 Å². The SMILES string of the molecule is CN1CCN(C(=O)c2ccccc2NC(=S)NC(=O)C2CC2)CC1. The van der Waals surface area contributed by atoms with Crippen LogP contribution < -0.4 is 10.6 Å². The molecule has 1 aliphatic carbocycles. The van der Waals surface area contributed by atoms with Gasteiger partial charge < -0.3 is 20.4 Å². The van der Waals surface area contributed by atoms with Crippen LogP contribution in [0, 0.1) is 5.92 Å². The molecule has 1 aromatic carbocycles. The highest BCUT2D eigenvalue weighted by atomic mass is 32.1. The third kappa shape index (κ3) is 4.10. The van der Waals surface area contributed by atoms with Crippen LogP contribution in [0.3, 0.4) is 0 Å². The molecule has 1 aromatic rings. The van der Waals surface area contributed by atoms with Crippen molar-refractivity contribution in [1.82, 2.24) is 15.1 Å². The zero-order valence-electron chi connectivity index (χ0n) is 13.7. The van der Waals surface area contributed by atoms with E-state index in [0.717, 1.165) is 25.9 Å². The van der Waals surface area contributed by atoms with E-state index < -0.39 is 0 Å². The summed E-state index contributed by atoms with van der Waals surface area (Å²) in [6, 6.07) is 7.27. The second kappa shape index (κ2) is 7.27. The monoisotopic (exact) mass is 346 g/mol. The molecule has 128 valence electrons. The van der Waals surface area contributed by atoms with Crippen molar-refractivity contribution in [2.24, 2.45) is 5.92 Å². The van der Waals surface area contributed by atoms with Gasteiger partial charge in [-0.2, -0.15) is 0 Å². The number of para-hydroxylation sites is 1. The van der Waals surface area contributed by atoms with Gasteiger partial charge in [0.1, 0.15) is 0 Å². The largest absolute Gasteiger partial charge is 0.336 e. The molecule has 1 aliphatic heterocycles. The molecule has 0 bridgehead atoms. The van der Waals surface area contributed by atoms with E-state index in [1.165, 1.54) is 0 Å². The molecule has 7 heteroatoms. The standard InChI is InChI=1S/C17H22N4O2S/c1-20-8-10-21(11-9-20)16(23)13-4-2-3-5-14(13)18-17(24)19-15(22)12-6-7-12/h2-5,12H,6-11H2,1H3,(H2,18,19,22,24). The summed E-state index contributed by atoms with van der Waals surface area (Å²) in [5.41, 5.74) is 1.20. The van der Waals surface area contributed by atoms with E-state index in [0.29, 0.717) is 24.3 Å². The first-order valence-corrected chi connectivity index (χ1v) is 8.64. The molecule has 3 rings (SSSR count). The van der Waals surface area contributed by atoms with E-state index in [1.54, 1.807) is 12.1 Å². The maximum absolute atomic E-state index is 12.8. The zero-order valence-corrected chi connectivity index (χ0v) is 14.6. The fraction of sp³-hybridized carbons (Fsp3) is 0.471. The summed E-state index contributed by atoms with van der Waals surface area (Å²) in [6.07, 6.45) is 1.85. The van der Waals surface area contributed by atoms with Crippen LogP contribution in [0.4, 0.5) is 5.69 Å². The number of thiocarbonyl (C=S) groups is 1. The number of rotatable bonds is 3. The number of amides is 2. The Kier molecular flexibility index (Phi) is 5.11. The number of hydrogen-bond donors (Lipinski definition) is 2. The number of likely N-dealkylation sites (N-methyl/N-ethyl adjacent to an activating group) is 1. The van der Waals surface area contributed by atoms with Gasteiger partial charge in [0, 0.05) is 32.1 Å². The lowest BCUT2D eigenvalue weighted by molar-refractivity contribution is -0.120. The van der Waals surface area contributed by atoms with Crippen LogP contribution in [0.5, 0.6) is 0 Å². The molecule has 1 heterocycles. The van der Waals surface area contributed by atoms with Gasteiger partial charge in [-0.1, -0.05) is 12.1 Å². The lowest BCUT2D eigenvalue weighted by Crippen LogP contribution is -2.47. The highest BCUT2D eigenvalue weighted by molar-refractivity contribution is 7.80. The quantitative estimate of drug-likeness (QED) is 0.808. The molecular formula is C17H22N4O2S. The lowest BCUT2D eigenvalue weighted by atomic mass is 10.1. The summed E-state index contributed by atoms with van der Waals surface area (Å²) < 4.78 is 0. The highest BCUT2D eigenvalue weighted by Gasteiger charge is 2.30. The average molecular weight is 346 g/mol. The molecule has 2 fully saturated rings. The summed E-state index contributed by atoms with van der Waals surface area (Å²) >= 11 is 5.20. The van der Waals surface area contributed by atoms with Crippen LogP contribution in [0.1, 0.15) is 23.2 Å². The number of piperazine rings is 1. The molecule has 2 N–H and O–H groups in total. The maximum Gasteiger partial charge on any atom is 0.256 e. The van der Waals surface area contributed by atoms with Gasteiger partial charge in [0.2, 0.25) is 5.91 Å². The molecule has 1 saturated carbocycles. The van der Waals surface area contributed by atoms with Gasteiger partial charge >= 0.3 is 0 Å². The van der Waals surface area contributed by atoms with Crippen LogP contribution >= 0.6 is 12.2 Å². The third-order valence-electron chi connectivity index (χ3n) is 4.38. The van der Waals surface area contributed by atoms with Gasteiger partial charge in [-0.25, -0.2) is 0 Å². The molecule has 0 unspecified atom stereocenters. The second-order valence-corrected chi connectivity index (χ2v) is 6.77. The van der Waals surface area contributed by atoms with Crippen LogP contribution in [0.15, 0.2) is 24.3 Å². The smallest absolute Gasteiger partial charge is 0.256 e. The Bertz CT molecular complexity index is 652. The Labute approximate surface area is 147 Å². The fourth-order valence-corrected chi connectivity index (χ4v) is 2.88. The third-order valence-corrected chi connectivity index (χ3v) is 4.59. The molecule has 24 heavy (non-hydrogen) atoms. The maximum atomic E-state index is 12.8. The van der Waals surface area contributed by atoms with Gasteiger partial charge in [-0.15, -0.1) is 0 Å². The van der Waals surface area contributed by atoms with Crippen molar-refractivity contribution in [2.75, 3.05) is 38.5 Å². The topological polar surface area (TPSA) is 64.7 Å². The van der Waals surface area contributed by atoms with E-state index in [2.05, 4.69) is 22.6 Å². The molecule has 2 amide bonds. The minimum absolute atomic E-state index is 0.0116. The van der Waals surface area contributed by atoms with Crippen molar-refractivity contribution in [3.63, 3.8) is 0 Å². The molecule has 0 aromatic heterocycles. The number of carbonyl (C=O) groups excluding carboxylic acids is 2. The van der Waals surface area contributed by atoms with E-state index in [4.69, 9.17) is 12.2 Å². The highest BCUT2D eigenvalue weighted by Crippen LogP contribution is 2.28. The van der Waals surface area contributed by atoms with Gasteiger partial charge in [0.05, 0.1) is 11.3 Å². The fourth-order valence-electron chi connectivity index (χ4n) is 2.67. The van der Waals surface area contributed by atoms with Crippen molar-refractivity contribution >= 4 is 34.8 Å². The van der Waals surface area contributed by atoms with Crippen LogP contribution in [-0.2, 0) is 4.79 Å². The zero-order chi connectivity index (χ0) is 17.1. The molecule has 0 spiro atoms.